The third-order valence-corrected chi connectivity index (χ3v) is 8.04. The highest BCUT2D eigenvalue weighted by atomic mass is 32.1. The summed E-state index contributed by atoms with van der Waals surface area (Å²) in [6, 6.07) is 12.6. The molecule has 7 heteroatoms. The molecule has 36 heavy (non-hydrogen) atoms. The SMILES string of the molecule is COc1ccc(C(C(=O)NC2CCCCC2)N(C(=O)c2sc(C)nc2C)c2ccc(C)c(C)c2)cc1. The number of ether oxygens (including phenoxy) is 1. The maximum Gasteiger partial charge on any atom is 0.271 e. The van der Waals surface area contributed by atoms with Gasteiger partial charge >= 0.3 is 0 Å². The van der Waals surface area contributed by atoms with Gasteiger partial charge in [-0.3, -0.25) is 14.5 Å². The van der Waals surface area contributed by atoms with E-state index in [1.807, 2.05) is 70.2 Å². The zero-order chi connectivity index (χ0) is 25.8. The fourth-order valence-electron chi connectivity index (χ4n) is 4.83. The largest absolute Gasteiger partial charge is 0.497 e. The number of anilines is 1. The van der Waals surface area contributed by atoms with E-state index < -0.39 is 6.04 Å². The molecule has 2 aromatic carbocycles. The number of methoxy groups -OCH3 is 1. The molecule has 1 unspecified atom stereocenters. The van der Waals surface area contributed by atoms with Gasteiger partial charge in [0.1, 0.15) is 16.7 Å². The van der Waals surface area contributed by atoms with Gasteiger partial charge in [-0.1, -0.05) is 37.5 Å². The van der Waals surface area contributed by atoms with E-state index in [0.29, 0.717) is 22.0 Å². The molecule has 1 N–H and O–H groups in total. The number of hydrogen-bond donors (Lipinski definition) is 1. The van der Waals surface area contributed by atoms with Crippen LogP contribution in [0.5, 0.6) is 5.75 Å². The third-order valence-electron chi connectivity index (χ3n) is 6.97. The number of nitrogens with zero attached hydrogens (tertiary/aromatic N) is 2. The molecule has 1 atom stereocenters. The van der Waals surface area contributed by atoms with Gasteiger partial charge in [0.2, 0.25) is 5.91 Å². The number of nitrogens with one attached hydrogen (secondary N) is 1. The molecule has 2 amide bonds. The zero-order valence-corrected chi connectivity index (χ0v) is 22.6. The lowest BCUT2D eigenvalue weighted by Gasteiger charge is -2.33. The Balaban J connectivity index is 1.84. The second kappa shape index (κ2) is 11.2. The lowest BCUT2D eigenvalue weighted by Crippen LogP contribution is -2.47. The first-order valence-corrected chi connectivity index (χ1v) is 13.4. The molecule has 1 fully saturated rings. The topological polar surface area (TPSA) is 71.5 Å². The third kappa shape index (κ3) is 5.62. The van der Waals surface area contributed by atoms with E-state index in [4.69, 9.17) is 4.74 Å². The van der Waals surface area contributed by atoms with Crippen molar-refractivity contribution < 1.29 is 14.3 Å². The number of aromatic nitrogens is 1. The van der Waals surface area contributed by atoms with E-state index in [1.165, 1.54) is 17.8 Å². The number of rotatable bonds is 7. The van der Waals surface area contributed by atoms with E-state index in [0.717, 1.165) is 47.4 Å². The van der Waals surface area contributed by atoms with Crippen molar-refractivity contribution in [2.45, 2.75) is 71.9 Å². The van der Waals surface area contributed by atoms with Crippen LogP contribution in [0.15, 0.2) is 42.5 Å². The van der Waals surface area contributed by atoms with Crippen molar-refractivity contribution in [1.29, 1.82) is 0 Å². The molecule has 4 rings (SSSR count). The molecule has 1 aromatic heterocycles. The first-order chi connectivity index (χ1) is 17.3. The van der Waals surface area contributed by atoms with Crippen LogP contribution in [0.4, 0.5) is 5.69 Å². The van der Waals surface area contributed by atoms with Crippen LogP contribution in [0.1, 0.15) is 75.2 Å². The van der Waals surface area contributed by atoms with Crippen LogP contribution >= 0.6 is 11.3 Å². The van der Waals surface area contributed by atoms with Crippen molar-refractivity contribution in [2.75, 3.05) is 12.0 Å². The van der Waals surface area contributed by atoms with E-state index >= 15 is 0 Å². The van der Waals surface area contributed by atoms with Crippen LogP contribution in [0.3, 0.4) is 0 Å². The molecule has 0 spiro atoms. The number of thiazole rings is 1. The van der Waals surface area contributed by atoms with Crippen molar-refractivity contribution in [3.8, 4) is 5.75 Å². The van der Waals surface area contributed by atoms with Gasteiger partial charge in [0.05, 0.1) is 17.8 Å². The van der Waals surface area contributed by atoms with Gasteiger partial charge in [-0.2, -0.15) is 0 Å². The summed E-state index contributed by atoms with van der Waals surface area (Å²) in [5, 5.41) is 4.09. The Labute approximate surface area is 217 Å². The minimum absolute atomic E-state index is 0.121. The van der Waals surface area contributed by atoms with E-state index in [9.17, 15) is 9.59 Å². The molecular formula is C29H35N3O3S. The molecule has 190 valence electrons. The van der Waals surface area contributed by atoms with E-state index in [-0.39, 0.29) is 17.9 Å². The Morgan fingerprint density at radius 1 is 1.00 bits per heavy atom. The number of carbonyl (C=O) groups is 2. The van der Waals surface area contributed by atoms with Gasteiger partial charge in [0.25, 0.3) is 5.91 Å². The van der Waals surface area contributed by atoms with Crippen LogP contribution in [-0.2, 0) is 4.79 Å². The highest BCUT2D eigenvalue weighted by Crippen LogP contribution is 2.34. The predicted octanol–water partition coefficient (Wildman–Crippen LogP) is 6.22. The van der Waals surface area contributed by atoms with Crippen LogP contribution in [0.25, 0.3) is 0 Å². The average Bonchev–Trinajstić information content (AvgIpc) is 3.22. The normalized spacial score (nSPS) is 14.8. The highest BCUT2D eigenvalue weighted by molar-refractivity contribution is 7.13. The summed E-state index contributed by atoms with van der Waals surface area (Å²) in [7, 11) is 1.61. The minimum Gasteiger partial charge on any atom is -0.497 e. The Bertz CT molecular complexity index is 1230. The molecule has 1 saturated carbocycles. The number of benzene rings is 2. The predicted molar refractivity (Wildman–Crippen MR) is 145 cm³/mol. The van der Waals surface area contributed by atoms with Gasteiger partial charge in [-0.15, -0.1) is 11.3 Å². The Morgan fingerprint density at radius 2 is 1.69 bits per heavy atom. The molecule has 1 aliphatic rings. The number of hydrogen-bond acceptors (Lipinski definition) is 5. The highest BCUT2D eigenvalue weighted by Gasteiger charge is 2.36. The van der Waals surface area contributed by atoms with Gasteiger partial charge in [0, 0.05) is 11.7 Å². The lowest BCUT2D eigenvalue weighted by atomic mass is 9.94. The smallest absolute Gasteiger partial charge is 0.271 e. The fraction of sp³-hybridized carbons (Fsp3) is 0.414. The minimum atomic E-state index is -0.839. The molecule has 0 radical (unpaired) electrons. The maximum absolute atomic E-state index is 14.2. The van der Waals surface area contributed by atoms with Crippen molar-refractivity contribution in [1.82, 2.24) is 10.3 Å². The van der Waals surface area contributed by atoms with Crippen molar-refractivity contribution >= 4 is 28.8 Å². The second-order valence-electron chi connectivity index (χ2n) is 9.61. The van der Waals surface area contributed by atoms with Crippen molar-refractivity contribution in [3.63, 3.8) is 0 Å². The maximum atomic E-state index is 14.2. The summed E-state index contributed by atoms with van der Waals surface area (Å²) in [6.45, 7) is 7.80. The number of amides is 2. The van der Waals surface area contributed by atoms with Crippen molar-refractivity contribution in [2.24, 2.45) is 0 Å². The van der Waals surface area contributed by atoms with Gasteiger partial charge < -0.3 is 10.1 Å². The fourth-order valence-corrected chi connectivity index (χ4v) is 5.69. The van der Waals surface area contributed by atoms with Crippen LogP contribution < -0.4 is 15.0 Å². The molecule has 1 aliphatic carbocycles. The van der Waals surface area contributed by atoms with Crippen molar-refractivity contribution in [3.05, 3.63) is 74.7 Å². The number of aryl methyl sites for hydroxylation is 4. The first-order valence-electron chi connectivity index (χ1n) is 12.6. The molecule has 0 bridgehead atoms. The Hall–Kier alpha value is -3.19. The van der Waals surface area contributed by atoms with E-state index in [1.54, 1.807) is 12.0 Å². The monoisotopic (exact) mass is 505 g/mol. The van der Waals surface area contributed by atoms with Gasteiger partial charge in [-0.05, 0) is 81.5 Å². The molecule has 3 aromatic rings. The summed E-state index contributed by atoms with van der Waals surface area (Å²) in [5.41, 5.74) is 4.28. The number of carbonyl (C=O) groups excluding carboxylic acids is 2. The zero-order valence-electron chi connectivity index (χ0n) is 21.8. The summed E-state index contributed by atoms with van der Waals surface area (Å²) in [5.74, 6) is 0.307. The first kappa shape index (κ1) is 25.9. The molecule has 0 saturated heterocycles. The van der Waals surface area contributed by atoms with Gasteiger partial charge in [-0.25, -0.2) is 4.98 Å². The van der Waals surface area contributed by atoms with Crippen LogP contribution in [0.2, 0.25) is 0 Å². The van der Waals surface area contributed by atoms with Gasteiger partial charge in [0.15, 0.2) is 0 Å². The Kier molecular flexibility index (Phi) is 8.09. The molecule has 0 aliphatic heterocycles. The summed E-state index contributed by atoms with van der Waals surface area (Å²) in [6.07, 6.45) is 5.34. The van der Waals surface area contributed by atoms with E-state index in [2.05, 4.69) is 10.3 Å². The molecular weight excluding hydrogens is 470 g/mol. The molecule has 6 nitrogen and oxygen atoms in total. The van der Waals surface area contributed by atoms with Crippen LogP contribution in [0, 0.1) is 27.7 Å². The Morgan fingerprint density at radius 3 is 2.28 bits per heavy atom. The van der Waals surface area contributed by atoms with Crippen LogP contribution in [-0.4, -0.2) is 29.9 Å². The standard InChI is InChI=1S/C29H35N3O3S/c1-18-11-14-24(17-19(18)2)32(29(34)27-20(3)30-21(4)36-27)26(22-12-15-25(35-5)16-13-22)28(33)31-23-9-7-6-8-10-23/h11-17,23,26H,6-10H2,1-5H3,(H,31,33). The summed E-state index contributed by atoms with van der Waals surface area (Å²) in [4.78, 5) is 34.9. The lowest BCUT2D eigenvalue weighted by molar-refractivity contribution is -0.123. The summed E-state index contributed by atoms with van der Waals surface area (Å²) < 4.78 is 5.35. The quantitative estimate of drug-likeness (QED) is 0.414. The summed E-state index contributed by atoms with van der Waals surface area (Å²) >= 11 is 1.36. The average molecular weight is 506 g/mol. The molecule has 1 heterocycles. The second-order valence-corrected chi connectivity index (χ2v) is 10.8.